The molecular formula is C40H55N7O7S2. The van der Waals surface area contributed by atoms with Crippen LogP contribution in [0.1, 0.15) is 71.9 Å². The third-order valence-electron chi connectivity index (χ3n) is 10.5. The topological polar surface area (TPSA) is 165 Å². The highest BCUT2D eigenvalue weighted by molar-refractivity contribution is 7.94. The van der Waals surface area contributed by atoms with E-state index in [4.69, 9.17) is 41.5 Å². The van der Waals surface area contributed by atoms with Gasteiger partial charge in [-0.15, -0.1) is 18.6 Å². The lowest BCUT2D eigenvalue weighted by molar-refractivity contribution is -0.195. The molecule has 1 fully saturated rings. The number of aromatic nitrogens is 3. The maximum atomic E-state index is 14.0. The summed E-state index contributed by atoms with van der Waals surface area (Å²) in [5.74, 6) is 15.0. The van der Waals surface area contributed by atoms with Gasteiger partial charge in [0.25, 0.3) is 5.69 Å². The van der Waals surface area contributed by atoms with E-state index < -0.39 is 6.09 Å². The van der Waals surface area contributed by atoms with Crippen LogP contribution in [0, 0.1) is 48.5 Å². The van der Waals surface area contributed by atoms with Crippen molar-refractivity contribution in [3.8, 4) is 28.8 Å². The van der Waals surface area contributed by atoms with Crippen LogP contribution in [0.5, 0.6) is 17.4 Å². The number of carbonyl (C=O) groups is 1. The number of rotatable bonds is 18. The van der Waals surface area contributed by atoms with Crippen LogP contribution in [0.4, 0.5) is 10.5 Å². The van der Waals surface area contributed by atoms with Gasteiger partial charge in [0.1, 0.15) is 17.1 Å². The van der Waals surface area contributed by atoms with Crippen LogP contribution in [0.2, 0.25) is 0 Å². The van der Waals surface area contributed by atoms with E-state index in [2.05, 4.69) is 61.5 Å². The summed E-state index contributed by atoms with van der Waals surface area (Å²) in [6.45, 7) is 24.8. The van der Waals surface area contributed by atoms with Gasteiger partial charge in [0.2, 0.25) is 5.88 Å². The van der Waals surface area contributed by atoms with E-state index in [1.165, 1.54) is 4.90 Å². The van der Waals surface area contributed by atoms with Gasteiger partial charge in [0.05, 0.1) is 6.57 Å². The number of benzene rings is 2. The molecule has 0 radical (unpaired) electrons. The number of aryl methyl sites for hydroxylation is 1. The molecule has 5 N–H and O–H groups in total. The number of para-hydroxylation sites is 1. The van der Waals surface area contributed by atoms with Gasteiger partial charge in [0, 0.05) is 59.8 Å². The van der Waals surface area contributed by atoms with E-state index in [1.54, 1.807) is 4.52 Å². The summed E-state index contributed by atoms with van der Waals surface area (Å²) in [7, 11) is 0. The van der Waals surface area contributed by atoms with Crippen molar-refractivity contribution in [2.24, 2.45) is 46.8 Å². The molecule has 4 unspecified atom stereocenters. The highest BCUT2D eigenvalue weighted by Crippen LogP contribution is 2.51. The molecule has 4 aromatic rings. The minimum Gasteiger partial charge on any atom is -0.457 e. The molecule has 1 aliphatic carbocycles. The number of H-pyrrole nitrogens is 1. The molecule has 2 heterocycles. The smallest absolute Gasteiger partial charge is 0.415 e. The Labute approximate surface area is 338 Å². The summed E-state index contributed by atoms with van der Waals surface area (Å²) in [5.41, 5.74) is 3.38. The number of hydrogen-bond donors (Lipinski definition) is 3. The van der Waals surface area contributed by atoms with Crippen LogP contribution in [-0.4, -0.2) is 50.2 Å². The first kappa shape index (κ1) is 43.3. The molecule has 1 amide bonds. The Morgan fingerprint density at radius 2 is 1.75 bits per heavy atom. The Kier molecular flexibility index (Phi) is 15.5. The first-order valence-corrected chi connectivity index (χ1v) is 20.8. The van der Waals surface area contributed by atoms with E-state index in [0.29, 0.717) is 59.0 Å². The van der Waals surface area contributed by atoms with Crippen molar-refractivity contribution >= 4 is 41.5 Å². The van der Waals surface area contributed by atoms with Gasteiger partial charge in [-0.2, -0.15) is 11.8 Å². The van der Waals surface area contributed by atoms with Crippen molar-refractivity contribution in [1.82, 2.24) is 19.5 Å². The highest BCUT2D eigenvalue weighted by Gasteiger charge is 2.43. The summed E-state index contributed by atoms with van der Waals surface area (Å²) < 4.78 is 23.5. The molecule has 2 aromatic heterocycles. The van der Waals surface area contributed by atoms with Crippen molar-refractivity contribution in [2.45, 2.75) is 74.1 Å². The molecule has 1 aliphatic rings. The zero-order valence-corrected chi connectivity index (χ0v) is 34.9. The number of hydrogen-bond acceptors (Lipinski definition) is 12. The normalized spacial score (nSPS) is 18.7. The van der Waals surface area contributed by atoms with Crippen molar-refractivity contribution in [2.75, 3.05) is 24.6 Å². The largest absolute Gasteiger partial charge is 0.457 e. The fraction of sp³-hybridized carbons (Fsp3) is 0.525. The summed E-state index contributed by atoms with van der Waals surface area (Å²) in [6.07, 6.45) is 3.30. The van der Waals surface area contributed by atoms with E-state index in [-0.39, 0.29) is 30.1 Å². The Bertz CT molecular complexity index is 1910. The first-order valence-electron chi connectivity index (χ1n) is 19.0. The number of amides is 1. The second kappa shape index (κ2) is 20.1. The number of carbonyl (C=O) groups excluding carboxylic acids is 1. The van der Waals surface area contributed by atoms with Crippen molar-refractivity contribution in [1.29, 1.82) is 0 Å². The Balaban J connectivity index is 1.58. The van der Waals surface area contributed by atoms with Crippen LogP contribution in [-0.2, 0) is 25.1 Å². The van der Waals surface area contributed by atoms with Gasteiger partial charge >= 0.3 is 6.09 Å². The van der Waals surface area contributed by atoms with Gasteiger partial charge < -0.3 is 14.4 Å². The molecule has 0 spiro atoms. The molecule has 56 heavy (non-hydrogen) atoms. The maximum absolute atomic E-state index is 14.0. The quantitative estimate of drug-likeness (QED) is 0.0287. The SMILES string of the molecule is [C-]#[N+]c1c(CC2C(CC(C)C)CC(C)CC2C(C)(C)C)c2nc(-c3ccc(Oc4ccccc4)c(C)c3)[nH]n2c1OC(=O)N(CCSOON)CCSOON. The van der Waals surface area contributed by atoms with Crippen LogP contribution in [0.15, 0.2) is 48.5 Å². The van der Waals surface area contributed by atoms with Crippen LogP contribution >= 0.6 is 24.1 Å². The van der Waals surface area contributed by atoms with E-state index in [0.717, 1.165) is 71.5 Å². The van der Waals surface area contributed by atoms with Gasteiger partial charge in [-0.1, -0.05) is 59.7 Å². The fourth-order valence-electron chi connectivity index (χ4n) is 8.08. The lowest BCUT2D eigenvalue weighted by atomic mass is 9.57. The summed E-state index contributed by atoms with van der Waals surface area (Å²) in [6, 6.07) is 15.5. The lowest BCUT2D eigenvalue weighted by Gasteiger charge is -2.48. The molecular weight excluding hydrogens is 755 g/mol. The average molecular weight is 810 g/mol. The van der Waals surface area contributed by atoms with Crippen molar-refractivity contribution in [3.05, 3.63) is 71.1 Å². The van der Waals surface area contributed by atoms with Crippen molar-refractivity contribution in [3.63, 3.8) is 0 Å². The van der Waals surface area contributed by atoms with Crippen molar-refractivity contribution < 1.29 is 32.9 Å². The number of ether oxygens (including phenoxy) is 2. The number of fused-ring (bicyclic) bond motifs is 1. The molecule has 16 heteroatoms. The predicted octanol–water partition coefficient (Wildman–Crippen LogP) is 9.64. The molecule has 4 atom stereocenters. The van der Waals surface area contributed by atoms with Crippen LogP contribution in [0.3, 0.4) is 0 Å². The molecule has 0 aliphatic heterocycles. The number of nitrogens with zero attached hydrogens (tertiary/aromatic N) is 4. The third-order valence-corrected chi connectivity index (χ3v) is 11.5. The van der Waals surface area contributed by atoms with Gasteiger partial charge in [-0.25, -0.2) is 19.1 Å². The lowest BCUT2D eigenvalue weighted by Crippen LogP contribution is -2.40. The molecule has 5 rings (SSSR count). The average Bonchev–Trinajstić information content (AvgIpc) is 3.70. The predicted molar refractivity (Wildman–Crippen MR) is 219 cm³/mol. The Morgan fingerprint density at radius 3 is 2.34 bits per heavy atom. The molecule has 0 bridgehead atoms. The summed E-state index contributed by atoms with van der Waals surface area (Å²) >= 11 is 1.87. The zero-order valence-electron chi connectivity index (χ0n) is 33.3. The van der Waals surface area contributed by atoms with E-state index in [1.807, 2.05) is 55.5 Å². The molecule has 304 valence electrons. The molecule has 2 aromatic carbocycles. The number of aromatic amines is 1. The minimum absolute atomic E-state index is 0.0483. The summed E-state index contributed by atoms with van der Waals surface area (Å²) in [4.78, 5) is 33.0. The maximum Gasteiger partial charge on any atom is 0.415 e. The number of nitrogens with two attached hydrogens (primary N) is 2. The number of nitrogens with one attached hydrogen (secondary N) is 1. The van der Waals surface area contributed by atoms with Gasteiger partial charge in [-0.05, 0) is 104 Å². The summed E-state index contributed by atoms with van der Waals surface area (Å²) in [5, 5.41) is 3.38. The third kappa shape index (κ3) is 11.0. The molecule has 0 saturated heterocycles. The van der Waals surface area contributed by atoms with Gasteiger partial charge in [-0.3, -0.25) is 5.10 Å². The standard InChI is InChI=1S/C40H55N7O7S2/c1-25(2)20-29-21-26(3)22-33(40(5,6)7)31(29)24-32-35(43-8)38(50-39(48)46(16-18-55-53-51-41)17-19-56-54-52-42)47-37(32)44-36(45-47)28-14-15-34(27(4)23-28)49-30-12-10-9-11-13-30/h9-15,23,25-26,29,31,33H,16-22,24,41-42H2,1-7H3,(H,44,45). The first-order chi connectivity index (χ1) is 26.8. The van der Waals surface area contributed by atoms with Crippen LogP contribution < -0.4 is 21.3 Å². The van der Waals surface area contributed by atoms with E-state index >= 15 is 0 Å². The second-order valence-corrected chi connectivity index (χ2v) is 17.6. The molecule has 14 nitrogen and oxygen atoms in total. The van der Waals surface area contributed by atoms with Crippen LogP contribution in [0.25, 0.3) is 21.9 Å². The highest BCUT2D eigenvalue weighted by atomic mass is 32.2. The fourth-order valence-corrected chi connectivity index (χ4v) is 8.92. The Hall–Kier alpha value is -3.79. The van der Waals surface area contributed by atoms with E-state index in [9.17, 15) is 4.79 Å². The zero-order chi connectivity index (χ0) is 40.4. The van der Waals surface area contributed by atoms with Gasteiger partial charge in [0.15, 0.2) is 5.82 Å². The Morgan fingerprint density at radius 1 is 1.07 bits per heavy atom. The monoisotopic (exact) mass is 809 g/mol. The molecule has 1 saturated carbocycles. The second-order valence-electron chi connectivity index (χ2n) is 16.0. The minimum atomic E-state index is -0.671.